The van der Waals surface area contributed by atoms with Gasteiger partial charge < -0.3 is 0 Å². The van der Waals surface area contributed by atoms with E-state index < -0.39 is 10.0 Å². The van der Waals surface area contributed by atoms with E-state index in [1.807, 2.05) is 12.1 Å². The summed E-state index contributed by atoms with van der Waals surface area (Å²) in [7, 11) is -3.57. The zero-order chi connectivity index (χ0) is 14.6. The van der Waals surface area contributed by atoms with Crippen LogP contribution in [0.2, 0.25) is 0 Å². The summed E-state index contributed by atoms with van der Waals surface area (Å²) in [6, 6.07) is 7.00. The Kier molecular flexibility index (Phi) is 5.18. The molecule has 0 aromatic heterocycles. The van der Waals surface area contributed by atoms with E-state index in [4.69, 9.17) is 4.84 Å². The number of benzene rings is 1. The molecule has 1 aromatic rings. The molecule has 112 valence electrons. The van der Waals surface area contributed by atoms with E-state index in [2.05, 4.69) is 18.7 Å². The van der Waals surface area contributed by atoms with Crippen molar-refractivity contribution in [2.45, 2.75) is 57.0 Å². The Morgan fingerprint density at radius 1 is 1.20 bits per heavy atom. The van der Waals surface area contributed by atoms with Gasteiger partial charge in [-0.05, 0) is 42.9 Å². The Balaban J connectivity index is 1.97. The molecule has 4 nitrogen and oxygen atoms in total. The first-order chi connectivity index (χ1) is 9.47. The van der Waals surface area contributed by atoms with E-state index in [9.17, 15) is 8.42 Å². The second kappa shape index (κ2) is 6.70. The minimum Gasteiger partial charge on any atom is -0.284 e. The summed E-state index contributed by atoms with van der Waals surface area (Å²) in [6.45, 7) is 4.28. The van der Waals surface area contributed by atoms with Crippen LogP contribution in [0.4, 0.5) is 0 Å². The largest absolute Gasteiger partial charge is 0.284 e. The zero-order valence-electron chi connectivity index (χ0n) is 12.1. The molecule has 0 aliphatic heterocycles. The van der Waals surface area contributed by atoms with Crippen molar-refractivity contribution >= 4 is 10.0 Å². The summed E-state index contributed by atoms with van der Waals surface area (Å²) < 4.78 is 24.2. The number of rotatable bonds is 6. The van der Waals surface area contributed by atoms with Gasteiger partial charge in [-0.25, -0.2) is 8.42 Å². The third-order valence-electron chi connectivity index (χ3n) is 3.50. The van der Waals surface area contributed by atoms with Gasteiger partial charge >= 0.3 is 0 Å². The highest BCUT2D eigenvalue weighted by molar-refractivity contribution is 7.89. The Bertz CT molecular complexity index is 517. The summed E-state index contributed by atoms with van der Waals surface area (Å²) in [5, 5.41) is 0. The van der Waals surface area contributed by atoms with Crippen molar-refractivity contribution < 1.29 is 13.3 Å². The summed E-state index contributed by atoms with van der Waals surface area (Å²) in [4.78, 5) is 7.78. The lowest BCUT2D eigenvalue weighted by Crippen LogP contribution is -2.28. The number of hydrogen-bond donors (Lipinski definition) is 1. The van der Waals surface area contributed by atoms with Crippen molar-refractivity contribution in [1.29, 1.82) is 0 Å². The van der Waals surface area contributed by atoms with E-state index in [1.54, 1.807) is 12.1 Å². The maximum absolute atomic E-state index is 12.1. The van der Waals surface area contributed by atoms with Crippen molar-refractivity contribution in [3.05, 3.63) is 29.8 Å². The molecule has 0 saturated heterocycles. The standard InChI is InChI=1S/C15H23NO3S/c1-12(2)11-13-7-9-15(10-8-13)20(17,18)16-19-14-5-3-4-6-14/h7-10,12,14,16H,3-6,11H2,1-2H3. The van der Waals surface area contributed by atoms with Crippen molar-refractivity contribution in [2.24, 2.45) is 5.92 Å². The van der Waals surface area contributed by atoms with Gasteiger partial charge in [-0.15, -0.1) is 0 Å². The van der Waals surface area contributed by atoms with Crippen molar-refractivity contribution in [3.8, 4) is 0 Å². The SMILES string of the molecule is CC(C)Cc1ccc(S(=O)(=O)NOC2CCCC2)cc1. The molecule has 1 aliphatic carbocycles. The molecule has 1 saturated carbocycles. The smallest absolute Gasteiger partial charge is 0.262 e. The molecule has 1 aliphatic rings. The van der Waals surface area contributed by atoms with Crippen LogP contribution < -0.4 is 4.89 Å². The van der Waals surface area contributed by atoms with E-state index in [1.165, 1.54) is 0 Å². The summed E-state index contributed by atoms with van der Waals surface area (Å²) in [5.41, 5.74) is 1.15. The minimum atomic E-state index is -3.57. The van der Waals surface area contributed by atoms with Crippen LogP contribution in [0.15, 0.2) is 29.2 Å². The highest BCUT2D eigenvalue weighted by Gasteiger charge is 2.20. The van der Waals surface area contributed by atoms with Gasteiger partial charge in [0.2, 0.25) is 0 Å². The average Bonchev–Trinajstić information content (AvgIpc) is 2.89. The molecule has 1 aromatic carbocycles. The van der Waals surface area contributed by atoms with Gasteiger partial charge in [0, 0.05) is 0 Å². The lowest BCUT2D eigenvalue weighted by atomic mass is 10.0. The Labute approximate surface area is 121 Å². The van der Waals surface area contributed by atoms with Gasteiger partial charge in [0.1, 0.15) is 0 Å². The monoisotopic (exact) mass is 297 g/mol. The van der Waals surface area contributed by atoms with Gasteiger partial charge in [-0.1, -0.05) is 43.7 Å². The van der Waals surface area contributed by atoms with Gasteiger partial charge in [0.25, 0.3) is 10.0 Å². The Hall–Kier alpha value is -0.910. The molecule has 1 N–H and O–H groups in total. The van der Waals surface area contributed by atoms with E-state index >= 15 is 0 Å². The fraction of sp³-hybridized carbons (Fsp3) is 0.600. The van der Waals surface area contributed by atoms with Crippen molar-refractivity contribution in [1.82, 2.24) is 4.89 Å². The molecule has 2 rings (SSSR count). The predicted octanol–water partition coefficient (Wildman–Crippen LogP) is 3.04. The number of hydrogen-bond acceptors (Lipinski definition) is 3. The van der Waals surface area contributed by atoms with Crippen LogP contribution in [-0.2, 0) is 21.3 Å². The maximum atomic E-state index is 12.1. The van der Waals surface area contributed by atoms with Gasteiger partial charge in [0.05, 0.1) is 11.0 Å². The third-order valence-corrected chi connectivity index (χ3v) is 4.71. The molecule has 5 heteroatoms. The topological polar surface area (TPSA) is 55.4 Å². The number of nitrogens with one attached hydrogen (secondary N) is 1. The maximum Gasteiger partial charge on any atom is 0.262 e. The lowest BCUT2D eigenvalue weighted by molar-refractivity contribution is 0.0223. The first-order valence-corrected chi connectivity index (χ1v) is 8.72. The second-order valence-electron chi connectivity index (χ2n) is 5.85. The number of sulfonamides is 1. The molecule has 0 bridgehead atoms. The molecule has 0 unspecified atom stereocenters. The summed E-state index contributed by atoms with van der Waals surface area (Å²) in [5.74, 6) is 0.557. The van der Waals surface area contributed by atoms with Crippen molar-refractivity contribution in [3.63, 3.8) is 0 Å². The van der Waals surface area contributed by atoms with Gasteiger partial charge in [-0.2, -0.15) is 0 Å². The van der Waals surface area contributed by atoms with Crippen LogP contribution >= 0.6 is 0 Å². The highest BCUT2D eigenvalue weighted by atomic mass is 32.2. The molecule has 0 spiro atoms. The molecule has 20 heavy (non-hydrogen) atoms. The third kappa shape index (κ3) is 4.30. The molecule has 1 fully saturated rings. The quantitative estimate of drug-likeness (QED) is 0.821. The highest BCUT2D eigenvalue weighted by Crippen LogP contribution is 2.21. The van der Waals surface area contributed by atoms with Crippen LogP contribution in [0.1, 0.15) is 45.1 Å². The van der Waals surface area contributed by atoms with E-state index in [0.717, 1.165) is 37.7 Å². The first-order valence-electron chi connectivity index (χ1n) is 7.24. The normalized spacial score (nSPS) is 16.9. The second-order valence-corrected chi connectivity index (χ2v) is 7.50. The Morgan fingerprint density at radius 2 is 1.80 bits per heavy atom. The molecular formula is C15H23NO3S. The van der Waals surface area contributed by atoms with Gasteiger partial charge in [-0.3, -0.25) is 4.84 Å². The first kappa shape index (κ1) is 15.5. The summed E-state index contributed by atoms with van der Waals surface area (Å²) >= 11 is 0. The molecule has 0 heterocycles. The molecule has 0 atom stereocenters. The van der Waals surface area contributed by atoms with Crippen LogP contribution in [0.25, 0.3) is 0 Å². The van der Waals surface area contributed by atoms with E-state index in [-0.39, 0.29) is 11.0 Å². The zero-order valence-corrected chi connectivity index (χ0v) is 12.9. The summed E-state index contributed by atoms with van der Waals surface area (Å²) in [6.07, 6.45) is 5.04. The lowest BCUT2D eigenvalue weighted by Gasteiger charge is -2.12. The van der Waals surface area contributed by atoms with Crippen LogP contribution in [-0.4, -0.2) is 14.5 Å². The predicted molar refractivity (Wildman–Crippen MR) is 78.6 cm³/mol. The van der Waals surface area contributed by atoms with Crippen LogP contribution in [0.3, 0.4) is 0 Å². The van der Waals surface area contributed by atoms with E-state index in [0.29, 0.717) is 5.92 Å². The molecule has 0 amide bonds. The molecular weight excluding hydrogens is 274 g/mol. The van der Waals surface area contributed by atoms with Crippen LogP contribution in [0, 0.1) is 5.92 Å². The average molecular weight is 297 g/mol. The van der Waals surface area contributed by atoms with Crippen LogP contribution in [0.5, 0.6) is 0 Å². The molecule has 0 radical (unpaired) electrons. The van der Waals surface area contributed by atoms with Crippen molar-refractivity contribution in [2.75, 3.05) is 0 Å². The Morgan fingerprint density at radius 3 is 2.35 bits per heavy atom. The minimum absolute atomic E-state index is 0.0185. The van der Waals surface area contributed by atoms with Gasteiger partial charge in [0.15, 0.2) is 0 Å². The fourth-order valence-electron chi connectivity index (χ4n) is 2.46. The fourth-order valence-corrected chi connectivity index (χ4v) is 3.32.